The number of aromatic nitrogens is 4. The standard InChI is InChI=1S/C10H8.C9H7N.C8H7N.C8H6O.C7H6N2.C6H6.12C2H6/c1-2-6-10-8-4-3-7-9(10)5-1;1-2-6-9-8(4-1)5-3-7-10-9;2*1-2-4-8-7(3-1)5-6-9-8;1-2-4-7-6(3-1)5-8-9-7;1-2-4-6-5-3-1;12*1-2/h1-8H;1-7H;1-6,9H;1-6H;1-5H,(H,8,9);1-6H;12*1-2H3. The van der Waals surface area contributed by atoms with Gasteiger partial charge in [-0.3, -0.25) is 10.1 Å². The van der Waals surface area contributed by atoms with Crippen LogP contribution in [0.2, 0.25) is 0 Å². The minimum Gasteiger partial charge on any atom is -0.464 e. The quantitative estimate of drug-likeness (QED) is 0.159. The van der Waals surface area contributed by atoms with Gasteiger partial charge in [-0.15, -0.1) is 0 Å². The molecule has 0 radical (unpaired) electrons. The van der Waals surface area contributed by atoms with Crippen LogP contribution in [0.3, 0.4) is 0 Å². The average molecular weight is 1050 g/mol. The largest absolute Gasteiger partial charge is 0.464 e. The van der Waals surface area contributed by atoms with Gasteiger partial charge < -0.3 is 9.40 Å². The predicted molar refractivity (Wildman–Crippen MR) is 359 cm³/mol. The first-order valence-corrected chi connectivity index (χ1v) is 29.4. The lowest BCUT2D eigenvalue weighted by Gasteiger charge is -1.92. The summed E-state index contributed by atoms with van der Waals surface area (Å²) in [4.78, 5) is 7.30. The molecular formula is C72H112N4O. The lowest BCUT2D eigenvalue weighted by molar-refractivity contribution is 0.616. The van der Waals surface area contributed by atoms with Gasteiger partial charge in [0.2, 0.25) is 0 Å². The molecule has 0 fully saturated rings. The van der Waals surface area contributed by atoms with E-state index in [9.17, 15) is 0 Å². The summed E-state index contributed by atoms with van der Waals surface area (Å²) in [6, 6.07) is 69.0. The van der Waals surface area contributed by atoms with E-state index < -0.39 is 0 Å². The van der Waals surface area contributed by atoms with Gasteiger partial charge in [-0.05, 0) is 58.6 Å². The highest BCUT2D eigenvalue weighted by Crippen LogP contribution is 2.14. The molecule has 0 aliphatic heterocycles. The van der Waals surface area contributed by atoms with Crippen molar-refractivity contribution in [1.82, 2.24) is 20.2 Å². The highest BCUT2D eigenvalue weighted by molar-refractivity contribution is 5.82. The number of H-pyrrole nitrogens is 2. The first kappa shape index (κ1) is 83.7. The number of furan rings is 1. The second kappa shape index (κ2) is 73.0. The maximum atomic E-state index is 5.12. The molecule has 11 rings (SSSR count). The van der Waals surface area contributed by atoms with E-state index in [2.05, 4.69) is 99.0 Å². The molecule has 2 N–H and O–H groups in total. The van der Waals surface area contributed by atoms with Crippen LogP contribution >= 0.6 is 0 Å². The summed E-state index contributed by atoms with van der Waals surface area (Å²) < 4.78 is 5.12. The van der Waals surface area contributed by atoms with Gasteiger partial charge in [-0.2, -0.15) is 5.10 Å². The zero-order valence-electron chi connectivity index (χ0n) is 53.2. The van der Waals surface area contributed by atoms with E-state index in [-0.39, 0.29) is 0 Å². The number of para-hydroxylation sites is 4. The van der Waals surface area contributed by atoms with Crippen LogP contribution in [0, 0.1) is 0 Å². The third kappa shape index (κ3) is 41.7. The fraction of sp³-hybridized carbons (Fsp3) is 0.333. The molecule has 0 aliphatic rings. The second-order valence-corrected chi connectivity index (χ2v) is 11.7. The fourth-order valence-electron chi connectivity index (χ4n) is 5.32. The summed E-state index contributed by atoms with van der Waals surface area (Å²) in [5, 5.41) is 14.2. The van der Waals surface area contributed by atoms with Gasteiger partial charge in [0, 0.05) is 34.1 Å². The molecule has 0 aliphatic carbocycles. The van der Waals surface area contributed by atoms with Crippen LogP contribution in [0.5, 0.6) is 0 Å². The molecule has 426 valence electrons. The number of hydrogen-bond acceptors (Lipinski definition) is 3. The van der Waals surface area contributed by atoms with Crippen molar-refractivity contribution in [3.63, 3.8) is 0 Å². The third-order valence-corrected chi connectivity index (χ3v) is 8.01. The minimum atomic E-state index is 0.956. The SMILES string of the molecule is CC.CC.CC.CC.CC.CC.CC.CC.CC.CC.CC.CC.c1ccc2[nH]ccc2c1.c1ccc2[nH]ncc2c1.c1ccc2ccccc2c1.c1ccc2ncccc2c1.c1ccc2occc2c1.c1ccccc1. The van der Waals surface area contributed by atoms with E-state index in [1.807, 2.05) is 312 Å². The van der Waals surface area contributed by atoms with Crippen molar-refractivity contribution < 1.29 is 4.42 Å². The number of pyridine rings is 1. The van der Waals surface area contributed by atoms with Crippen LogP contribution in [-0.4, -0.2) is 20.2 Å². The van der Waals surface area contributed by atoms with Gasteiger partial charge in [0.05, 0.1) is 23.5 Å². The molecule has 0 spiro atoms. The van der Waals surface area contributed by atoms with Gasteiger partial charge in [0.1, 0.15) is 5.58 Å². The van der Waals surface area contributed by atoms with Crippen LogP contribution in [0.1, 0.15) is 166 Å². The molecule has 5 nitrogen and oxygen atoms in total. The Morgan fingerprint density at radius 3 is 1.05 bits per heavy atom. The minimum absolute atomic E-state index is 0.956. The van der Waals surface area contributed by atoms with E-state index in [0.717, 1.165) is 27.4 Å². The molecule has 0 bridgehead atoms. The molecule has 0 saturated carbocycles. The van der Waals surface area contributed by atoms with Crippen molar-refractivity contribution in [1.29, 1.82) is 0 Å². The second-order valence-electron chi connectivity index (χ2n) is 11.7. The van der Waals surface area contributed by atoms with Crippen molar-refractivity contribution in [3.05, 3.63) is 231 Å². The molecule has 7 aromatic carbocycles. The fourth-order valence-corrected chi connectivity index (χ4v) is 5.32. The van der Waals surface area contributed by atoms with E-state index in [0.29, 0.717) is 0 Å². The summed E-state index contributed by atoms with van der Waals surface area (Å²) in [5.41, 5.74) is 4.32. The van der Waals surface area contributed by atoms with Gasteiger partial charge in [-0.25, -0.2) is 0 Å². The van der Waals surface area contributed by atoms with E-state index in [1.165, 1.54) is 27.1 Å². The van der Waals surface area contributed by atoms with Crippen LogP contribution in [0.25, 0.3) is 54.5 Å². The van der Waals surface area contributed by atoms with Gasteiger partial charge in [0.15, 0.2) is 0 Å². The maximum absolute atomic E-state index is 5.12. The zero-order valence-corrected chi connectivity index (χ0v) is 53.2. The Labute approximate surface area is 474 Å². The Balaban J connectivity index is -0.000000142. The third-order valence-electron chi connectivity index (χ3n) is 8.01. The number of nitrogens with one attached hydrogen (secondary N) is 2. The number of rotatable bonds is 0. The normalized spacial score (nSPS) is 7.74. The van der Waals surface area contributed by atoms with Crippen molar-refractivity contribution in [2.75, 3.05) is 0 Å². The number of hydrogen-bond donors (Lipinski definition) is 2. The van der Waals surface area contributed by atoms with E-state index in [4.69, 9.17) is 4.42 Å². The highest BCUT2D eigenvalue weighted by atomic mass is 16.3. The Kier molecular flexibility index (Phi) is 79.4. The Hall–Kier alpha value is -7.24. The first-order chi connectivity index (χ1) is 38.3. The molecular weight excluding hydrogens is 937 g/mol. The molecule has 4 aromatic heterocycles. The highest BCUT2D eigenvalue weighted by Gasteiger charge is 1.91. The Bertz CT molecular complexity index is 2180. The summed E-state index contributed by atoms with van der Waals surface area (Å²) >= 11 is 0. The number of aromatic amines is 2. The molecule has 0 unspecified atom stereocenters. The molecule has 0 saturated heterocycles. The maximum Gasteiger partial charge on any atom is 0.133 e. The van der Waals surface area contributed by atoms with Crippen molar-refractivity contribution in [2.24, 2.45) is 0 Å². The molecule has 4 heterocycles. The number of nitrogens with zero attached hydrogens (tertiary/aromatic N) is 2. The Morgan fingerprint density at radius 1 is 0.286 bits per heavy atom. The van der Waals surface area contributed by atoms with Crippen molar-refractivity contribution >= 4 is 54.5 Å². The van der Waals surface area contributed by atoms with Crippen molar-refractivity contribution in [3.8, 4) is 0 Å². The molecule has 0 amide bonds. The summed E-state index contributed by atoms with van der Waals surface area (Å²) in [5.74, 6) is 0. The molecule has 0 atom stereocenters. The monoisotopic (exact) mass is 1050 g/mol. The lowest BCUT2D eigenvalue weighted by atomic mass is 10.1. The van der Waals surface area contributed by atoms with E-state index >= 15 is 0 Å². The number of fused-ring (bicyclic) bond motifs is 5. The topological polar surface area (TPSA) is 70.5 Å². The Morgan fingerprint density at radius 2 is 0.636 bits per heavy atom. The van der Waals surface area contributed by atoms with Crippen LogP contribution in [0.15, 0.2) is 236 Å². The van der Waals surface area contributed by atoms with Crippen LogP contribution in [0.4, 0.5) is 0 Å². The summed E-state index contributed by atoms with van der Waals surface area (Å²) in [6.07, 6.45) is 7.27. The van der Waals surface area contributed by atoms with Gasteiger partial charge in [0.25, 0.3) is 0 Å². The average Bonchev–Trinajstić information content (AvgIpc) is 4.39. The first-order valence-electron chi connectivity index (χ1n) is 29.4. The van der Waals surface area contributed by atoms with Crippen LogP contribution < -0.4 is 0 Å². The summed E-state index contributed by atoms with van der Waals surface area (Å²) in [6.45, 7) is 48.0. The number of benzene rings is 7. The van der Waals surface area contributed by atoms with Gasteiger partial charge >= 0.3 is 0 Å². The van der Waals surface area contributed by atoms with E-state index in [1.54, 1.807) is 6.26 Å². The zero-order chi connectivity index (χ0) is 60.2. The summed E-state index contributed by atoms with van der Waals surface area (Å²) in [7, 11) is 0. The van der Waals surface area contributed by atoms with Crippen molar-refractivity contribution in [2.45, 2.75) is 166 Å². The van der Waals surface area contributed by atoms with Gasteiger partial charge in [-0.1, -0.05) is 330 Å². The molecule has 11 aromatic rings. The molecule has 77 heavy (non-hydrogen) atoms. The lowest BCUT2D eigenvalue weighted by Crippen LogP contribution is -1.73. The smallest absolute Gasteiger partial charge is 0.133 e. The van der Waals surface area contributed by atoms with Crippen LogP contribution in [-0.2, 0) is 0 Å². The molecule has 5 heteroatoms. The predicted octanol–water partition coefficient (Wildman–Crippen LogP) is 25.2.